The Hall–Kier alpha value is -0.540. The molecule has 15 heavy (non-hydrogen) atoms. The summed E-state index contributed by atoms with van der Waals surface area (Å²) in [5, 5.41) is 3.37. The predicted octanol–water partition coefficient (Wildman–Crippen LogP) is 2.42. The minimum atomic E-state index is 1.09. The molecule has 0 saturated carbocycles. The van der Waals surface area contributed by atoms with Gasteiger partial charge >= 0.3 is 0 Å². The highest BCUT2D eigenvalue weighted by atomic mass is 79.9. The summed E-state index contributed by atoms with van der Waals surface area (Å²) in [6.07, 6.45) is 1.09. The van der Waals surface area contributed by atoms with E-state index in [1.165, 1.54) is 15.7 Å². The van der Waals surface area contributed by atoms with Crippen LogP contribution in [0, 0.1) is 0 Å². The van der Waals surface area contributed by atoms with Gasteiger partial charge in [-0.25, -0.2) is 0 Å². The van der Waals surface area contributed by atoms with Crippen LogP contribution in [0.15, 0.2) is 22.7 Å². The van der Waals surface area contributed by atoms with Gasteiger partial charge in [0.25, 0.3) is 0 Å². The maximum Gasteiger partial charge on any atom is 0.0378 e. The van der Waals surface area contributed by atoms with E-state index in [2.05, 4.69) is 51.3 Å². The molecule has 0 atom stereocenters. The molecule has 2 nitrogen and oxygen atoms in total. The lowest BCUT2D eigenvalue weighted by atomic mass is 10.1. The Kier molecular flexibility index (Phi) is 3.65. The van der Waals surface area contributed by atoms with Crippen molar-refractivity contribution in [1.29, 1.82) is 0 Å². The van der Waals surface area contributed by atoms with Gasteiger partial charge in [0.15, 0.2) is 0 Å². The van der Waals surface area contributed by atoms with Gasteiger partial charge in [-0.3, -0.25) is 0 Å². The fraction of sp³-hybridized carbons (Fsp3) is 0.500. The van der Waals surface area contributed by atoms with Gasteiger partial charge in [-0.15, -0.1) is 0 Å². The number of halogens is 1. The summed E-state index contributed by atoms with van der Waals surface area (Å²) in [5.41, 5.74) is 2.72. The number of rotatable bonds is 2. The number of anilines is 1. The van der Waals surface area contributed by atoms with Crippen LogP contribution >= 0.6 is 15.9 Å². The third-order valence-corrected chi connectivity index (χ3v) is 3.64. The number of nitrogens with one attached hydrogen (secondary N) is 1. The molecule has 1 aliphatic heterocycles. The number of nitrogens with zero attached hydrogens (tertiary/aromatic N) is 1. The number of benzene rings is 1. The highest BCUT2D eigenvalue weighted by molar-refractivity contribution is 9.10. The van der Waals surface area contributed by atoms with Crippen molar-refractivity contribution in [2.75, 3.05) is 31.1 Å². The second-order valence-electron chi connectivity index (χ2n) is 3.87. The number of aryl methyl sites for hydroxylation is 1. The molecule has 0 radical (unpaired) electrons. The fourth-order valence-corrected chi connectivity index (χ4v) is 2.59. The van der Waals surface area contributed by atoms with E-state index in [4.69, 9.17) is 0 Å². The van der Waals surface area contributed by atoms with E-state index >= 15 is 0 Å². The van der Waals surface area contributed by atoms with Crippen molar-refractivity contribution in [3.8, 4) is 0 Å². The Bertz CT molecular complexity index is 332. The molecule has 2 rings (SSSR count). The minimum Gasteiger partial charge on any atom is -0.369 e. The first-order valence-corrected chi connectivity index (χ1v) is 6.34. The molecule has 82 valence electrons. The van der Waals surface area contributed by atoms with Crippen LogP contribution in [0.25, 0.3) is 0 Å². The van der Waals surface area contributed by atoms with E-state index in [1.807, 2.05) is 0 Å². The molecule has 1 saturated heterocycles. The quantitative estimate of drug-likeness (QED) is 0.887. The van der Waals surface area contributed by atoms with Crippen molar-refractivity contribution >= 4 is 21.6 Å². The zero-order valence-corrected chi connectivity index (χ0v) is 10.7. The standard InChI is InChI=1S/C12H17BrN2/c1-2-10-3-4-11(9-12(10)13)15-7-5-14-6-8-15/h3-4,9,14H,2,5-8H2,1H3. The van der Waals surface area contributed by atoms with Crippen LogP contribution in [0.2, 0.25) is 0 Å². The molecule has 1 aromatic rings. The maximum absolute atomic E-state index is 3.63. The highest BCUT2D eigenvalue weighted by Gasteiger charge is 2.11. The maximum atomic E-state index is 3.63. The summed E-state index contributed by atoms with van der Waals surface area (Å²) >= 11 is 3.63. The molecular weight excluding hydrogens is 252 g/mol. The topological polar surface area (TPSA) is 15.3 Å². The third-order valence-electron chi connectivity index (χ3n) is 2.90. The molecule has 0 bridgehead atoms. The molecule has 0 amide bonds. The normalized spacial score (nSPS) is 16.8. The lowest BCUT2D eigenvalue weighted by molar-refractivity contribution is 0.589. The van der Waals surface area contributed by atoms with E-state index in [9.17, 15) is 0 Å². The van der Waals surface area contributed by atoms with E-state index in [1.54, 1.807) is 0 Å². The number of piperazine rings is 1. The number of hydrogen-bond acceptors (Lipinski definition) is 2. The molecular formula is C12H17BrN2. The van der Waals surface area contributed by atoms with Gasteiger partial charge in [-0.05, 0) is 24.1 Å². The molecule has 0 spiro atoms. The molecule has 1 N–H and O–H groups in total. The smallest absolute Gasteiger partial charge is 0.0378 e. The second kappa shape index (κ2) is 4.99. The first kappa shape index (κ1) is 11.0. The molecule has 0 unspecified atom stereocenters. The minimum absolute atomic E-state index is 1.09. The predicted molar refractivity (Wildman–Crippen MR) is 68.6 cm³/mol. The molecule has 3 heteroatoms. The molecule has 1 heterocycles. The molecule has 0 aromatic heterocycles. The summed E-state index contributed by atoms with van der Waals surface area (Å²) in [5.74, 6) is 0. The van der Waals surface area contributed by atoms with Gasteiger partial charge in [0.05, 0.1) is 0 Å². The van der Waals surface area contributed by atoms with Crippen LogP contribution in [0.5, 0.6) is 0 Å². The highest BCUT2D eigenvalue weighted by Crippen LogP contribution is 2.24. The van der Waals surface area contributed by atoms with Crippen molar-refractivity contribution in [2.24, 2.45) is 0 Å². The molecule has 1 fully saturated rings. The molecule has 1 aliphatic rings. The van der Waals surface area contributed by atoms with Crippen LogP contribution in [-0.4, -0.2) is 26.2 Å². The first-order chi connectivity index (χ1) is 7.31. The van der Waals surface area contributed by atoms with E-state index in [0.717, 1.165) is 32.6 Å². The second-order valence-corrected chi connectivity index (χ2v) is 4.72. The van der Waals surface area contributed by atoms with Gasteiger partial charge in [0.2, 0.25) is 0 Å². The van der Waals surface area contributed by atoms with Gasteiger partial charge in [0, 0.05) is 36.3 Å². The average molecular weight is 269 g/mol. The lowest BCUT2D eigenvalue weighted by Gasteiger charge is -2.29. The van der Waals surface area contributed by atoms with Crippen molar-refractivity contribution in [3.63, 3.8) is 0 Å². The monoisotopic (exact) mass is 268 g/mol. The van der Waals surface area contributed by atoms with Crippen LogP contribution in [0.3, 0.4) is 0 Å². The van der Waals surface area contributed by atoms with Crippen molar-refractivity contribution in [1.82, 2.24) is 5.32 Å². The third kappa shape index (κ3) is 2.52. The molecule has 1 aromatic carbocycles. The Morgan fingerprint density at radius 3 is 2.67 bits per heavy atom. The van der Waals surface area contributed by atoms with Crippen LogP contribution in [-0.2, 0) is 6.42 Å². The Balaban J connectivity index is 2.17. The zero-order chi connectivity index (χ0) is 10.7. The molecule has 0 aliphatic carbocycles. The largest absolute Gasteiger partial charge is 0.369 e. The fourth-order valence-electron chi connectivity index (χ4n) is 1.94. The Morgan fingerprint density at radius 1 is 1.33 bits per heavy atom. The SMILES string of the molecule is CCc1ccc(N2CCNCC2)cc1Br. The van der Waals surface area contributed by atoms with E-state index < -0.39 is 0 Å². The zero-order valence-electron chi connectivity index (χ0n) is 9.09. The van der Waals surface area contributed by atoms with Gasteiger partial charge < -0.3 is 10.2 Å². The summed E-state index contributed by atoms with van der Waals surface area (Å²) in [6.45, 7) is 6.58. The summed E-state index contributed by atoms with van der Waals surface area (Å²) < 4.78 is 1.24. The lowest BCUT2D eigenvalue weighted by Crippen LogP contribution is -2.43. The van der Waals surface area contributed by atoms with Gasteiger partial charge in [0.1, 0.15) is 0 Å². The first-order valence-electron chi connectivity index (χ1n) is 5.55. The van der Waals surface area contributed by atoms with Crippen LogP contribution in [0.1, 0.15) is 12.5 Å². The van der Waals surface area contributed by atoms with Gasteiger partial charge in [-0.2, -0.15) is 0 Å². The van der Waals surface area contributed by atoms with Crippen molar-refractivity contribution in [2.45, 2.75) is 13.3 Å². The van der Waals surface area contributed by atoms with Crippen molar-refractivity contribution < 1.29 is 0 Å². The summed E-state index contributed by atoms with van der Waals surface area (Å²) in [6, 6.07) is 6.69. The van der Waals surface area contributed by atoms with Crippen LogP contribution < -0.4 is 10.2 Å². The van der Waals surface area contributed by atoms with E-state index in [0.29, 0.717) is 0 Å². The van der Waals surface area contributed by atoms with Gasteiger partial charge in [-0.1, -0.05) is 28.9 Å². The average Bonchev–Trinajstić information content (AvgIpc) is 2.30. The summed E-state index contributed by atoms with van der Waals surface area (Å²) in [4.78, 5) is 2.43. The van der Waals surface area contributed by atoms with Crippen molar-refractivity contribution in [3.05, 3.63) is 28.2 Å². The number of hydrogen-bond donors (Lipinski definition) is 1. The Morgan fingerprint density at radius 2 is 2.07 bits per heavy atom. The van der Waals surface area contributed by atoms with E-state index in [-0.39, 0.29) is 0 Å². The summed E-state index contributed by atoms with van der Waals surface area (Å²) in [7, 11) is 0. The Labute approximate surface area is 99.8 Å². The van der Waals surface area contributed by atoms with Crippen LogP contribution in [0.4, 0.5) is 5.69 Å².